The molecule has 11 heteroatoms. The molecule has 2 N–H and O–H groups in total. The monoisotopic (exact) mass is 481 g/mol. The highest BCUT2D eigenvalue weighted by atomic mass is 32.2. The van der Waals surface area contributed by atoms with E-state index in [-0.39, 0.29) is 24.2 Å². The number of aromatic nitrogens is 2. The van der Waals surface area contributed by atoms with Gasteiger partial charge in [0.15, 0.2) is 9.84 Å². The topological polar surface area (TPSA) is 101 Å². The van der Waals surface area contributed by atoms with Crippen LogP contribution < -0.4 is 5.48 Å². The molecule has 1 aliphatic rings. The molecule has 2 aromatic carbocycles. The van der Waals surface area contributed by atoms with Gasteiger partial charge in [-0.05, 0) is 36.1 Å². The van der Waals surface area contributed by atoms with Crippen molar-refractivity contribution in [3.05, 3.63) is 65.5 Å². The fourth-order valence-electron chi connectivity index (χ4n) is 4.53. The summed E-state index contributed by atoms with van der Waals surface area (Å²) in [6.45, 7) is -0.119. The summed E-state index contributed by atoms with van der Waals surface area (Å²) in [7, 11) is -3.70. The summed E-state index contributed by atoms with van der Waals surface area (Å²) in [6.07, 6.45) is -3.79. The Morgan fingerprint density at radius 3 is 2.45 bits per heavy atom. The van der Waals surface area contributed by atoms with Crippen LogP contribution in [0.4, 0.5) is 13.2 Å². The maximum Gasteiger partial charge on any atom is 0.449 e. The van der Waals surface area contributed by atoms with Crippen molar-refractivity contribution in [3.8, 4) is 0 Å². The fraction of sp³-hybridized carbons (Fsp3) is 0.364. The molecule has 0 radical (unpaired) electrons. The van der Waals surface area contributed by atoms with Crippen LogP contribution in [0, 0.1) is 0 Å². The standard InChI is InChI=1S/C22H22F3N3O4S/c23-22(24,25)20-26-17-5-1-2-6-18(17)28(20)14-15-7-9-16(10-8-15)21(13-19(29)27-30)11-3-4-12-33(21,31)32/h1-2,5-10,30H,3-4,11-14H2,(H,27,29). The summed E-state index contributed by atoms with van der Waals surface area (Å²) in [5.74, 6) is -1.91. The summed E-state index contributed by atoms with van der Waals surface area (Å²) in [6, 6.07) is 12.5. The van der Waals surface area contributed by atoms with Crippen LogP contribution in [0.25, 0.3) is 11.0 Å². The lowest BCUT2D eigenvalue weighted by Gasteiger charge is -2.36. The summed E-state index contributed by atoms with van der Waals surface area (Å²) in [4.78, 5) is 15.7. The first-order valence-electron chi connectivity index (χ1n) is 10.3. The Hall–Kier alpha value is -2.92. The first-order valence-corrected chi connectivity index (χ1v) is 12.0. The minimum absolute atomic E-state index is 0.0799. The number of hydrogen-bond acceptors (Lipinski definition) is 5. The van der Waals surface area contributed by atoms with Gasteiger partial charge < -0.3 is 4.57 Å². The zero-order valence-corrected chi connectivity index (χ0v) is 18.3. The Labute approximate surface area is 188 Å². The molecule has 1 fully saturated rings. The van der Waals surface area contributed by atoms with Crippen molar-refractivity contribution in [3.63, 3.8) is 0 Å². The van der Waals surface area contributed by atoms with Crippen molar-refractivity contribution >= 4 is 26.8 Å². The van der Waals surface area contributed by atoms with E-state index in [1.165, 1.54) is 23.7 Å². The second-order valence-corrected chi connectivity index (χ2v) is 10.6. The molecule has 33 heavy (non-hydrogen) atoms. The molecule has 1 aliphatic heterocycles. The number of nitrogens with zero attached hydrogens (tertiary/aromatic N) is 2. The molecular formula is C22H22F3N3O4S. The number of rotatable bonds is 5. The van der Waals surface area contributed by atoms with E-state index in [2.05, 4.69) is 4.98 Å². The lowest BCUT2D eigenvalue weighted by molar-refractivity contribution is -0.146. The van der Waals surface area contributed by atoms with Crippen LogP contribution in [0.15, 0.2) is 48.5 Å². The number of carbonyl (C=O) groups is 1. The molecule has 3 aromatic rings. The van der Waals surface area contributed by atoms with E-state index in [4.69, 9.17) is 5.21 Å². The van der Waals surface area contributed by atoms with E-state index in [1.54, 1.807) is 30.3 Å². The van der Waals surface area contributed by atoms with Crippen LogP contribution in [0.3, 0.4) is 0 Å². The van der Waals surface area contributed by atoms with E-state index >= 15 is 0 Å². The second-order valence-electron chi connectivity index (χ2n) is 8.19. The lowest BCUT2D eigenvalue weighted by Crippen LogP contribution is -2.44. The van der Waals surface area contributed by atoms with Gasteiger partial charge in [0.2, 0.25) is 11.7 Å². The van der Waals surface area contributed by atoms with Gasteiger partial charge in [0, 0.05) is 6.54 Å². The van der Waals surface area contributed by atoms with E-state index in [0.717, 1.165) is 4.57 Å². The highest BCUT2D eigenvalue weighted by Gasteiger charge is 2.48. The zero-order valence-electron chi connectivity index (χ0n) is 17.5. The van der Waals surface area contributed by atoms with Gasteiger partial charge in [-0.25, -0.2) is 18.9 Å². The van der Waals surface area contributed by atoms with E-state index in [0.29, 0.717) is 29.5 Å². The molecule has 1 aromatic heterocycles. The van der Waals surface area contributed by atoms with Crippen molar-refractivity contribution in [1.29, 1.82) is 0 Å². The number of hydroxylamine groups is 1. The van der Waals surface area contributed by atoms with Gasteiger partial charge in [0.1, 0.15) is 4.75 Å². The molecule has 1 unspecified atom stereocenters. The number of para-hydroxylation sites is 2. The number of imidazole rings is 1. The Morgan fingerprint density at radius 2 is 1.82 bits per heavy atom. The first kappa shape index (κ1) is 23.2. The zero-order chi connectivity index (χ0) is 23.9. The van der Waals surface area contributed by atoms with E-state index in [1.807, 2.05) is 0 Å². The van der Waals surface area contributed by atoms with Crippen molar-refractivity contribution in [2.24, 2.45) is 0 Å². The summed E-state index contributed by atoms with van der Waals surface area (Å²) in [5, 5.41) is 8.97. The van der Waals surface area contributed by atoms with Crippen LogP contribution in [0.2, 0.25) is 0 Å². The molecule has 0 aliphatic carbocycles. The molecule has 0 spiro atoms. The summed E-state index contributed by atoms with van der Waals surface area (Å²) < 4.78 is 66.3. The number of hydrogen-bond donors (Lipinski definition) is 2. The largest absolute Gasteiger partial charge is 0.449 e. The number of benzene rings is 2. The maximum atomic E-state index is 13.6. The molecular weight excluding hydrogens is 459 g/mol. The van der Waals surface area contributed by atoms with Gasteiger partial charge in [-0.15, -0.1) is 0 Å². The second kappa shape index (κ2) is 8.45. The predicted octanol–water partition coefficient (Wildman–Crippen LogP) is 3.79. The lowest BCUT2D eigenvalue weighted by atomic mass is 9.88. The normalized spacial score (nSPS) is 20.6. The number of halogens is 3. The number of sulfone groups is 1. The Balaban J connectivity index is 1.73. The average Bonchev–Trinajstić information content (AvgIpc) is 3.14. The van der Waals surface area contributed by atoms with Crippen LogP contribution in [-0.4, -0.2) is 34.8 Å². The molecule has 1 atom stereocenters. The highest BCUT2D eigenvalue weighted by Crippen LogP contribution is 2.43. The van der Waals surface area contributed by atoms with Crippen molar-refractivity contribution in [2.75, 3.05) is 5.75 Å². The SMILES string of the molecule is O=C(CC1(c2ccc(Cn3c(C(F)(F)F)nc4ccccc43)cc2)CCCCS1(=O)=O)NO. The third-order valence-corrected chi connectivity index (χ3v) is 8.74. The van der Waals surface area contributed by atoms with Crippen LogP contribution >= 0.6 is 0 Å². The molecule has 7 nitrogen and oxygen atoms in total. The number of nitrogens with one attached hydrogen (secondary N) is 1. The third kappa shape index (κ3) is 4.22. The number of alkyl halides is 3. The maximum absolute atomic E-state index is 13.6. The number of amides is 1. The van der Waals surface area contributed by atoms with Crippen molar-refractivity contribution in [1.82, 2.24) is 15.0 Å². The highest BCUT2D eigenvalue weighted by molar-refractivity contribution is 7.92. The quantitative estimate of drug-likeness (QED) is 0.427. The summed E-state index contributed by atoms with van der Waals surface area (Å²) in [5.41, 5.74) is 2.95. The van der Waals surface area contributed by atoms with Gasteiger partial charge in [-0.1, -0.05) is 42.8 Å². The number of carbonyl (C=O) groups excluding carboxylic acids is 1. The van der Waals surface area contributed by atoms with E-state index < -0.39 is 38.9 Å². The van der Waals surface area contributed by atoms with Gasteiger partial charge in [-0.3, -0.25) is 10.0 Å². The van der Waals surface area contributed by atoms with Crippen LogP contribution in [0.1, 0.15) is 42.6 Å². The molecule has 2 heterocycles. The molecule has 1 saturated heterocycles. The molecule has 176 valence electrons. The Kier molecular flexibility index (Phi) is 5.95. The van der Waals surface area contributed by atoms with Gasteiger partial charge in [-0.2, -0.15) is 13.2 Å². The first-order chi connectivity index (χ1) is 15.6. The van der Waals surface area contributed by atoms with Crippen LogP contribution in [0.5, 0.6) is 0 Å². The molecule has 0 bridgehead atoms. The van der Waals surface area contributed by atoms with Crippen LogP contribution in [-0.2, 0) is 32.1 Å². The molecule has 0 saturated carbocycles. The van der Waals surface area contributed by atoms with Crippen molar-refractivity contribution < 1.29 is 31.6 Å². The predicted molar refractivity (Wildman–Crippen MR) is 114 cm³/mol. The van der Waals surface area contributed by atoms with E-state index in [9.17, 15) is 26.4 Å². The minimum atomic E-state index is -4.64. The van der Waals surface area contributed by atoms with Crippen molar-refractivity contribution in [2.45, 2.75) is 43.2 Å². The molecule has 1 amide bonds. The smallest absolute Gasteiger partial charge is 0.316 e. The average molecular weight is 481 g/mol. The fourth-order valence-corrected chi connectivity index (χ4v) is 6.80. The van der Waals surface area contributed by atoms with Gasteiger partial charge >= 0.3 is 6.18 Å². The van der Waals surface area contributed by atoms with Gasteiger partial charge in [0.25, 0.3) is 0 Å². The van der Waals surface area contributed by atoms with Gasteiger partial charge in [0.05, 0.1) is 23.2 Å². The minimum Gasteiger partial charge on any atom is -0.316 e. The Morgan fingerprint density at radius 1 is 1.12 bits per heavy atom. The third-order valence-electron chi connectivity index (χ3n) is 6.14. The Bertz CT molecular complexity index is 1290. The summed E-state index contributed by atoms with van der Waals surface area (Å²) >= 11 is 0. The number of fused-ring (bicyclic) bond motifs is 1. The molecule has 4 rings (SSSR count).